The maximum atomic E-state index is 5.42. The summed E-state index contributed by atoms with van der Waals surface area (Å²) in [6.45, 7) is 8.21. The van der Waals surface area contributed by atoms with Crippen LogP contribution in [0.5, 0.6) is 0 Å². The van der Waals surface area contributed by atoms with Crippen LogP contribution in [0.25, 0.3) is 0 Å². The van der Waals surface area contributed by atoms with Crippen molar-refractivity contribution in [2.75, 3.05) is 12.4 Å². The van der Waals surface area contributed by atoms with Crippen LogP contribution in [-0.2, 0) is 4.74 Å². The summed E-state index contributed by atoms with van der Waals surface area (Å²) in [5.41, 5.74) is 0.266. The third-order valence-corrected chi connectivity index (χ3v) is 3.49. The fourth-order valence-corrected chi connectivity index (χ4v) is 2.21. The summed E-state index contributed by atoms with van der Waals surface area (Å²) < 4.78 is 5.42. The van der Waals surface area contributed by atoms with Gasteiger partial charge in [0.05, 0.1) is 12.8 Å². The van der Waals surface area contributed by atoms with Gasteiger partial charge in [-0.3, -0.25) is 0 Å². The Balaban J connectivity index is 3.03. The summed E-state index contributed by atoms with van der Waals surface area (Å²) in [7, 11) is 1.67. The third kappa shape index (κ3) is 7.33. The summed E-state index contributed by atoms with van der Waals surface area (Å²) in [4.78, 5) is 13.4. The zero-order valence-corrected chi connectivity index (χ0v) is 16.0. The quantitative estimate of drug-likeness (QED) is 0.282. The fraction of sp³-hybridized carbons (Fsp3) is 0.450. The fourth-order valence-electron chi connectivity index (χ4n) is 2.21. The molecule has 0 aromatic carbocycles. The summed E-state index contributed by atoms with van der Waals surface area (Å²) in [5.74, 6) is 1.57. The molecule has 5 nitrogen and oxygen atoms in total. The van der Waals surface area contributed by atoms with Crippen molar-refractivity contribution in [2.45, 2.75) is 52.6 Å². The Kier molecular flexibility index (Phi) is 9.22. The van der Waals surface area contributed by atoms with Gasteiger partial charge in [-0.15, -0.1) is 0 Å². The molecule has 1 rings (SSSR count). The summed E-state index contributed by atoms with van der Waals surface area (Å²) in [6.07, 6.45) is 12.1. The van der Waals surface area contributed by atoms with E-state index in [-0.39, 0.29) is 0 Å². The van der Waals surface area contributed by atoms with Crippen LogP contribution in [-0.4, -0.2) is 29.8 Å². The van der Waals surface area contributed by atoms with E-state index in [9.17, 15) is 0 Å². The lowest BCUT2D eigenvalue weighted by Gasteiger charge is -2.23. The van der Waals surface area contributed by atoms with Crippen LogP contribution in [0.3, 0.4) is 0 Å². The van der Waals surface area contributed by atoms with Crippen molar-refractivity contribution in [1.82, 2.24) is 4.98 Å². The van der Waals surface area contributed by atoms with Crippen LogP contribution in [0.1, 0.15) is 47.0 Å². The number of hydrogen-bond donors (Lipinski definition) is 1. The molecule has 0 amide bonds. The molecule has 5 heteroatoms. The second-order valence-electron chi connectivity index (χ2n) is 5.65. The van der Waals surface area contributed by atoms with Crippen molar-refractivity contribution in [2.24, 2.45) is 9.98 Å². The number of rotatable bonds is 10. The molecule has 0 saturated heterocycles. The molecule has 136 valence electrons. The Morgan fingerprint density at radius 2 is 2.08 bits per heavy atom. The van der Waals surface area contributed by atoms with E-state index in [2.05, 4.69) is 47.1 Å². The lowest BCUT2D eigenvalue weighted by Crippen LogP contribution is -2.30. The predicted octanol–water partition coefficient (Wildman–Crippen LogP) is 5.00. The number of anilines is 1. The number of pyridine rings is 1. The van der Waals surface area contributed by atoms with Crippen molar-refractivity contribution in [3.63, 3.8) is 0 Å². The average molecular weight is 342 g/mol. The average Bonchev–Trinajstić information content (AvgIpc) is 2.63. The maximum Gasteiger partial charge on any atom is 0.148 e. The first-order valence-electron chi connectivity index (χ1n) is 8.80. The SMILES string of the molecule is CC/C=C\C(C)(N=CN=C(CC)/C(=C\CC)OC)Nc1ccccn1. The Morgan fingerprint density at radius 3 is 2.64 bits per heavy atom. The van der Waals surface area contributed by atoms with Gasteiger partial charge in [0.1, 0.15) is 23.6 Å². The van der Waals surface area contributed by atoms with Gasteiger partial charge in [0, 0.05) is 6.20 Å². The number of ether oxygens (including phenoxy) is 1. The van der Waals surface area contributed by atoms with Crippen molar-refractivity contribution in [3.8, 4) is 0 Å². The first-order valence-corrected chi connectivity index (χ1v) is 8.80. The molecular formula is C20H30N4O. The van der Waals surface area contributed by atoms with Crippen LogP contribution in [0.15, 0.2) is 58.4 Å². The molecule has 1 unspecified atom stereocenters. The molecule has 1 aromatic rings. The van der Waals surface area contributed by atoms with Crippen molar-refractivity contribution >= 4 is 17.9 Å². The lowest BCUT2D eigenvalue weighted by atomic mass is 10.1. The summed E-state index contributed by atoms with van der Waals surface area (Å²) in [6, 6.07) is 5.75. The highest BCUT2D eigenvalue weighted by molar-refractivity contribution is 6.02. The van der Waals surface area contributed by atoms with E-state index in [1.165, 1.54) is 0 Å². The summed E-state index contributed by atoms with van der Waals surface area (Å²) >= 11 is 0. The van der Waals surface area contributed by atoms with Crippen LogP contribution in [0.2, 0.25) is 0 Å². The van der Waals surface area contributed by atoms with Gasteiger partial charge in [-0.2, -0.15) is 0 Å². The number of nitrogens with one attached hydrogen (secondary N) is 1. The monoisotopic (exact) mass is 342 g/mol. The molecule has 1 atom stereocenters. The van der Waals surface area contributed by atoms with Gasteiger partial charge in [-0.05, 0) is 50.5 Å². The molecule has 0 radical (unpaired) electrons. The third-order valence-electron chi connectivity index (χ3n) is 3.49. The molecule has 0 saturated carbocycles. The number of nitrogens with zero attached hydrogens (tertiary/aromatic N) is 3. The first kappa shape index (κ1) is 20.6. The molecule has 0 spiro atoms. The molecule has 0 fully saturated rings. The molecule has 1 heterocycles. The van der Waals surface area contributed by atoms with Crippen molar-refractivity contribution in [1.29, 1.82) is 0 Å². The predicted molar refractivity (Wildman–Crippen MR) is 107 cm³/mol. The zero-order valence-electron chi connectivity index (χ0n) is 16.0. The molecule has 0 aliphatic carbocycles. The number of allylic oxidation sites excluding steroid dienone is 3. The second-order valence-corrected chi connectivity index (χ2v) is 5.65. The summed E-state index contributed by atoms with van der Waals surface area (Å²) in [5, 5.41) is 3.34. The number of aliphatic imine (C=N–C) groups is 2. The highest BCUT2D eigenvalue weighted by Gasteiger charge is 2.18. The van der Waals surface area contributed by atoms with Gasteiger partial charge in [0.15, 0.2) is 0 Å². The van der Waals surface area contributed by atoms with E-state index < -0.39 is 5.66 Å². The Morgan fingerprint density at radius 1 is 1.28 bits per heavy atom. The first-order chi connectivity index (χ1) is 12.1. The Labute approximate surface area is 151 Å². The molecular weight excluding hydrogens is 312 g/mol. The molecule has 0 aliphatic heterocycles. The van der Waals surface area contributed by atoms with Crippen LogP contribution >= 0.6 is 0 Å². The highest BCUT2D eigenvalue weighted by atomic mass is 16.5. The number of aromatic nitrogens is 1. The van der Waals surface area contributed by atoms with Gasteiger partial charge >= 0.3 is 0 Å². The molecule has 1 aromatic heterocycles. The number of hydrogen-bond acceptors (Lipinski definition) is 4. The minimum absolute atomic E-state index is 0.617. The molecule has 25 heavy (non-hydrogen) atoms. The minimum atomic E-state index is -0.617. The normalized spacial score (nSPS) is 15.6. The Bertz CT molecular complexity index is 620. The van der Waals surface area contributed by atoms with E-state index in [0.717, 1.165) is 36.6 Å². The van der Waals surface area contributed by atoms with Crippen molar-refractivity contribution in [3.05, 3.63) is 48.4 Å². The highest BCUT2D eigenvalue weighted by Crippen LogP contribution is 2.16. The lowest BCUT2D eigenvalue weighted by molar-refractivity contribution is 0.312. The van der Waals surface area contributed by atoms with E-state index in [0.29, 0.717) is 0 Å². The van der Waals surface area contributed by atoms with E-state index >= 15 is 0 Å². The van der Waals surface area contributed by atoms with Gasteiger partial charge in [0.25, 0.3) is 0 Å². The van der Waals surface area contributed by atoms with E-state index in [1.54, 1.807) is 19.6 Å². The van der Waals surface area contributed by atoms with E-state index in [1.807, 2.05) is 37.3 Å². The zero-order chi connectivity index (χ0) is 18.5. The topological polar surface area (TPSA) is 58.9 Å². The van der Waals surface area contributed by atoms with Gasteiger partial charge < -0.3 is 10.1 Å². The molecule has 0 bridgehead atoms. The second kappa shape index (κ2) is 11.2. The molecule has 1 N–H and O–H groups in total. The van der Waals surface area contributed by atoms with Gasteiger partial charge in [0.2, 0.25) is 0 Å². The van der Waals surface area contributed by atoms with E-state index in [4.69, 9.17) is 4.74 Å². The smallest absolute Gasteiger partial charge is 0.148 e. The standard InChI is InChI=1S/C20H30N4O/c1-6-9-14-20(4,24-19-13-10-11-15-21-19)23-16-22-17(8-3)18(25-5)12-7-2/h9-16H,6-8H2,1-5H3,(H,21,24)/b14-9-,18-12+,22-17?,23-16?. The largest absolute Gasteiger partial charge is 0.495 e. The van der Waals surface area contributed by atoms with Crippen LogP contribution < -0.4 is 5.32 Å². The number of methoxy groups -OCH3 is 1. The van der Waals surface area contributed by atoms with Crippen LogP contribution in [0, 0.1) is 0 Å². The van der Waals surface area contributed by atoms with Gasteiger partial charge in [-0.1, -0.05) is 32.9 Å². The van der Waals surface area contributed by atoms with Crippen molar-refractivity contribution < 1.29 is 4.74 Å². The van der Waals surface area contributed by atoms with Crippen LogP contribution in [0.4, 0.5) is 5.82 Å². The Hall–Kier alpha value is -2.43. The maximum absolute atomic E-state index is 5.42. The molecule has 0 aliphatic rings. The van der Waals surface area contributed by atoms with Gasteiger partial charge in [-0.25, -0.2) is 15.0 Å². The minimum Gasteiger partial charge on any atom is -0.495 e.